The van der Waals surface area contributed by atoms with Gasteiger partial charge in [0, 0.05) is 17.5 Å². The standard InChI is InChI=1S/C22H29N3O2S/c26-19(25-12-6-8-15-7-4-5-10-17(15)25)13-24-14-23-21-20(22(24)27)16-9-2-1-3-11-18(16)28-21/h14-15,17H,1-13H2. The largest absolute Gasteiger partial charge is 0.338 e. The lowest BCUT2D eigenvalue weighted by Gasteiger charge is -2.44. The molecule has 1 aliphatic heterocycles. The van der Waals surface area contributed by atoms with E-state index >= 15 is 0 Å². The van der Waals surface area contributed by atoms with Gasteiger partial charge in [-0.25, -0.2) is 4.98 Å². The smallest absolute Gasteiger partial charge is 0.262 e. The number of thiophene rings is 1. The third-order valence-corrected chi connectivity index (χ3v) is 8.26. The first-order valence-electron chi connectivity index (χ1n) is 11.0. The second-order valence-electron chi connectivity index (χ2n) is 8.76. The fraction of sp³-hybridized carbons (Fsp3) is 0.682. The van der Waals surface area contributed by atoms with Crippen LogP contribution >= 0.6 is 11.3 Å². The molecule has 5 nitrogen and oxygen atoms in total. The summed E-state index contributed by atoms with van der Waals surface area (Å²) in [5, 5.41) is 0.784. The van der Waals surface area contributed by atoms with Gasteiger partial charge in [0.25, 0.3) is 5.56 Å². The van der Waals surface area contributed by atoms with Crippen LogP contribution in [0.25, 0.3) is 10.2 Å². The van der Waals surface area contributed by atoms with Crippen LogP contribution in [0.4, 0.5) is 0 Å². The van der Waals surface area contributed by atoms with E-state index in [-0.39, 0.29) is 18.0 Å². The molecule has 28 heavy (non-hydrogen) atoms. The zero-order chi connectivity index (χ0) is 19.1. The van der Waals surface area contributed by atoms with Gasteiger partial charge in [0.15, 0.2) is 0 Å². The lowest BCUT2D eigenvalue weighted by Crippen LogP contribution is -2.51. The third-order valence-electron chi connectivity index (χ3n) is 7.06. The second kappa shape index (κ2) is 7.62. The van der Waals surface area contributed by atoms with Gasteiger partial charge in [-0.05, 0) is 62.8 Å². The SMILES string of the molecule is O=C(Cn1cnc2sc3c(c2c1=O)CCCCC3)N1CCCC2CCCCC21. The number of nitrogens with zero attached hydrogens (tertiary/aromatic N) is 3. The van der Waals surface area contributed by atoms with E-state index in [1.807, 2.05) is 0 Å². The van der Waals surface area contributed by atoms with Crippen molar-refractivity contribution in [2.24, 2.45) is 5.92 Å². The van der Waals surface area contributed by atoms with Crippen molar-refractivity contribution in [3.8, 4) is 0 Å². The number of likely N-dealkylation sites (tertiary alicyclic amines) is 1. The number of amides is 1. The lowest BCUT2D eigenvalue weighted by molar-refractivity contribution is -0.138. The Kier molecular flexibility index (Phi) is 4.99. The Labute approximate surface area is 169 Å². The van der Waals surface area contributed by atoms with Crippen LogP contribution in [0.5, 0.6) is 0 Å². The molecule has 0 bridgehead atoms. The Balaban J connectivity index is 1.43. The summed E-state index contributed by atoms with van der Waals surface area (Å²) in [6, 6.07) is 0.389. The molecule has 0 radical (unpaired) electrons. The van der Waals surface area contributed by atoms with Gasteiger partial charge in [0.2, 0.25) is 5.91 Å². The molecule has 5 rings (SSSR count). The number of carbonyl (C=O) groups is 1. The monoisotopic (exact) mass is 399 g/mol. The van der Waals surface area contributed by atoms with Crippen LogP contribution in [0.1, 0.15) is 68.2 Å². The van der Waals surface area contributed by atoms with Crippen LogP contribution in [-0.4, -0.2) is 32.9 Å². The number of hydrogen-bond donors (Lipinski definition) is 0. The van der Waals surface area contributed by atoms with Crippen molar-refractivity contribution < 1.29 is 4.79 Å². The van der Waals surface area contributed by atoms with Gasteiger partial charge in [-0.1, -0.05) is 19.3 Å². The van der Waals surface area contributed by atoms with Crippen LogP contribution in [0.2, 0.25) is 0 Å². The first-order valence-corrected chi connectivity index (χ1v) is 11.8. The van der Waals surface area contributed by atoms with Gasteiger partial charge in [-0.15, -0.1) is 11.3 Å². The van der Waals surface area contributed by atoms with Crippen molar-refractivity contribution in [1.29, 1.82) is 0 Å². The molecule has 0 spiro atoms. The molecule has 2 unspecified atom stereocenters. The Hall–Kier alpha value is -1.69. The second-order valence-corrected chi connectivity index (χ2v) is 9.85. The number of aromatic nitrogens is 2. The molecule has 0 N–H and O–H groups in total. The first-order chi connectivity index (χ1) is 13.7. The molecular weight excluding hydrogens is 370 g/mol. The number of aryl methyl sites for hydroxylation is 2. The van der Waals surface area contributed by atoms with E-state index in [1.165, 1.54) is 49.0 Å². The maximum Gasteiger partial charge on any atom is 0.262 e. The predicted octanol–water partition coefficient (Wildman–Crippen LogP) is 3.91. The van der Waals surface area contributed by atoms with Gasteiger partial charge in [0.1, 0.15) is 11.4 Å². The van der Waals surface area contributed by atoms with E-state index in [9.17, 15) is 9.59 Å². The molecule has 2 atom stereocenters. The van der Waals surface area contributed by atoms with Crippen molar-refractivity contribution in [1.82, 2.24) is 14.5 Å². The zero-order valence-electron chi connectivity index (χ0n) is 16.5. The van der Waals surface area contributed by atoms with Crippen LogP contribution in [0.3, 0.4) is 0 Å². The number of hydrogen-bond acceptors (Lipinski definition) is 4. The normalized spacial score (nSPS) is 25.2. The maximum absolute atomic E-state index is 13.2. The summed E-state index contributed by atoms with van der Waals surface area (Å²) in [5.41, 5.74) is 1.19. The summed E-state index contributed by atoms with van der Waals surface area (Å²) in [5.74, 6) is 0.762. The number of fused-ring (bicyclic) bond motifs is 4. The zero-order valence-corrected chi connectivity index (χ0v) is 17.3. The summed E-state index contributed by atoms with van der Waals surface area (Å²) >= 11 is 1.68. The molecule has 3 heterocycles. The van der Waals surface area contributed by atoms with E-state index < -0.39 is 0 Å². The quantitative estimate of drug-likeness (QED) is 0.720. The van der Waals surface area contributed by atoms with Crippen molar-refractivity contribution >= 4 is 27.5 Å². The lowest BCUT2D eigenvalue weighted by atomic mass is 9.78. The molecule has 3 aliphatic rings. The maximum atomic E-state index is 13.2. The minimum absolute atomic E-state index is 0.0186. The predicted molar refractivity (Wildman–Crippen MR) is 112 cm³/mol. The molecule has 1 amide bonds. The average molecular weight is 400 g/mol. The van der Waals surface area contributed by atoms with Crippen molar-refractivity contribution in [3.63, 3.8) is 0 Å². The van der Waals surface area contributed by atoms with E-state index in [2.05, 4.69) is 9.88 Å². The highest BCUT2D eigenvalue weighted by molar-refractivity contribution is 7.18. The van der Waals surface area contributed by atoms with Crippen LogP contribution in [0, 0.1) is 5.92 Å². The van der Waals surface area contributed by atoms with E-state index in [0.717, 1.165) is 48.9 Å². The molecule has 0 aromatic carbocycles. The molecule has 2 aromatic heterocycles. The fourth-order valence-electron chi connectivity index (χ4n) is 5.64. The van der Waals surface area contributed by atoms with E-state index in [0.29, 0.717) is 12.0 Å². The fourth-order valence-corrected chi connectivity index (χ4v) is 6.86. The van der Waals surface area contributed by atoms with Gasteiger partial charge in [-0.3, -0.25) is 14.2 Å². The molecule has 1 saturated heterocycles. The average Bonchev–Trinajstić information content (AvgIpc) is 2.92. The Morgan fingerprint density at radius 1 is 1.07 bits per heavy atom. The molecule has 2 aliphatic carbocycles. The minimum Gasteiger partial charge on any atom is -0.338 e. The summed E-state index contributed by atoms with van der Waals surface area (Å²) in [6.07, 6.45) is 14.4. The molecule has 2 aromatic rings. The first kappa shape index (κ1) is 18.3. The number of carbonyl (C=O) groups excluding carboxylic acids is 1. The van der Waals surface area contributed by atoms with Gasteiger partial charge in [-0.2, -0.15) is 0 Å². The Morgan fingerprint density at radius 2 is 1.89 bits per heavy atom. The highest BCUT2D eigenvalue weighted by Gasteiger charge is 2.35. The summed E-state index contributed by atoms with van der Waals surface area (Å²) in [6.45, 7) is 0.980. The molecule has 6 heteroatoms. The van der Waals surface area contributed by atoms with Crippen LogP contribution < -0.4 is 5.56 Å². The van der Waals surface area contributed by atoms with Crippen molar-refractivity contribution in [3.05, 3.63) is 27.1 Å². The molecule has 1 saturated carbocycles. The third kappa shape index (κ3) is 3.19. The van der Waals surface area contributed by atoms with Crippen LogP contribution in [-0.2, 0) is 24.2 Å². The summed E-state index contributed by atoms with van der Waals surface area (Å²) in [7, 11) is 0. The molecular formula is C22H29N3O2S. The van der Waals surface area contributed by atoms with E-state index in [1.54, 1.807) is 22.2 Å². The summed E-state index contributed by atoms with van der Waals surface area (Å²) in [4.78, 5) is 35.2. The Bertz CT molecular complexity index is 945. The molecule has 2 fully saturated rings. The van der Waals surface area contributed by atoms with Crippen molar-refractivity contribution in [2.75, 3.05) is 6.54 Å². The summed E-state index contributed by atoms with van der Waals surface area (Å²) < 4.78 is 1.56. The topological polar surface area (TPSA) is 55.2 Å². The van der Waals surface area contributed by atoms with Gasteiger partial charge in [0.05, 0.1) is 11.7 Å². The van der Waals surface area contributed by atoms with E-state index in [4.69, 9.17) is 0 Å². The highest BCUT2D eigenvalue weighted by Crippen LogP contribution is 2.35. The number of rotatable bonds is 2. The minimum atomic E-state index is -0.0186. The van der Waals surface area contributed by atoms with Gasteiger partial charge >= 0.3 is 0 Å². The van der Waals surface area contributed by atoms with Gasteiger partial charge < -0.3 is 4.90 Å². The molecule has 150 valence electrons. The Morgan fingerprint density at radius 3 is 2.82 bits per heavy atom. The highest BCUT2D eigenvalue weighted by atomic mass is 32.1. The number of piperidine rings is 1. The van der Waals surface area contributed by atoms with Crippen molar-refractivity contribution in [2.45, 2.75) is 83.2 Å². The van der Waals surface area contributed by atoms with Crippen LogP contribution in [0.15, 0.2) is 11.1 Å².